The van der Waals surface area contributed by atoms with Crippen molar-refractivity contribution in [1.29, 1.82) is 5.26 Å². The lowest BCUT2D eigenvalue weighted by molar-refractivity contribution is -0.274. The van der Waals surface area contributed by atoms with Gasteiger partial charge < -0.3 is 9.30 Å². The highest BCUT2D eigenvalue weighted by molar-refractivity contribution is 8.13. The van der Waals surface area contributed by atoms with Crippen molar-refractivity contribution in [3.63, 3.8) is 0 Å². The minimum atomic E-state index is -4.99. The van der Waals surface area contributed by atoms with Crippen LogP contribution in [0, 0.1) is 11.3 Å². The van der Waals surface area contributed by atoms with E-state index in [2.05, 4.69) is 15.4 Å². The number of nitrogens with one attached hydrogen (secondary N) is 1. The first-order valence-corrected chi connectivity index (χ1v) is 11.9. The summed E-state index contributed by atoms with van der Waals surface area (Å²) in [6.45, 7) is 0. The van der Waals surface area contributed by atoms with E-state index in [0.29, 0.717) is 17.0 Å². The van der Waals surface area contributed by atoms with E-state index < -0.39 is 31.2 Å². The van der Waals surface area contributed by atoms with Crippen LogP contribution in [0.25, 0.3) is 11.3 Å². The number of nitriles is 1. The van der Waals surface area contributed by atoms with E-state index >= 15 is 0 Å². The molecule has 0 aliphatic rings. The van der Waals surface area contributed by atoms with Gasteiger partial charge in [-0.15, -0.1) is 13.2 Å². The molecule has 14 heteroatoms. The number of hydrogen-bond donors (Lipinski definition) is 1. The van der Waals surface area contributed by atoms with Gasteiger partial charge in [-0.1, -0.05) is 6.07 Å². The average molecular weight is 474 g/mol. The highest BCUT2D eigenvalue weighted by Gasteiger charge is 2.32. The maximum absolute atomic E-state index is 12.6. The highest BCUT2D eigenvalue weighted by atomic mass is 35.7. The van der Waals surface area contributed by atoms with Crippen LogP contribution in [0.3, 0.4) is 0 Å². The predicted molar refractivity (Wildman–Crippen MR) is 101 cm³/mol. The Morgan fingerprint density at radius 1 is 1.14 bits per heavy atom. The van der Waals surface area contributed by atoms with E-state index in [9.17, 15) is 30.0 Å². The van der Waals surface area contributed by atoms with Gasteiger partial charge in [0.2, 0.25) is 19.1 Å². The molecule has 0 radical (unpaired) electrons. The Labute approximate surface area is 169 Å². The number of anilines is 1. The molecule has 1 aromatic heterocycles. The van der Waals surface area contributed by atoms with Crippen LogP contribution in [-0.2, 0) is 26.1 Å². The number of alkyl halides is 3. The van der Waals surface area contributed by atoms with Gasteiger partial charge in [0.25, 0.3) is 0 Å². The minimum absolute atomic E-state index is 0.321. The second kappa shape index (κ2) is 8.93. The Morgan fingerprint density at radius 3 is 2.10 bits per heavy atom. The summed E-state index contributed by atoms with van der Waals surface area (Å²) >= 11 is 0. The Kier molecular flexibility index (Phi) is 7.58. The van der Waals surface area contributed by atoms with Gasteiger partial charge in [-0.25, -0.2) is 16.8 Å². The smallest absolute Gasteiger partial charge is 0.404 e. The molecular formula is C15H15ClF3N3O5S2. The molecule has 29 heavy (non-hydrogen) atoms. The van der Waals surface area contributed by atoms with E-state index in [1.54, 1.807) is 13.1 Å². The van der Waals surface area contributed by atoms with Crippen molar-refractivity contribution in [2.45, 2.75) is 6.36 Å². The van der Waals surface area contributed by atoms with Crippen LogP contribution < -0.4 is 9.46 Å². The fraction of sp³-hybridized carbons (Fsp3) is 0.267. The molecule has 160 valence electrons. The first kappa shape index (κ1) is 24.6. The zero-order valence-corrected chi connectivity index (χ0v) is 17.5. The number of ether oxygens (including phenoxy) is 1. The molecule has 1 heterocycles. The second-order valence-corrected chi connectivity index (χ2v) is 10.4. The maximum Gasteiger partial charge on any atom is 0.573 e. The van der Waals surface area contributed by atoms with Crippen molar-refractivity contribution in [2.24, 2.45) is 7.05 Å². The van der Waals surface area contributed by atoms with Crippen molar-refractivity contribution >= 4 is 35.4 Å². The molecule has 0 bridgehead atoms. The SMILES string of the molecule is CS(=O)(=O)Cl.Cn1c(C#N)ccc1-c1ccc(NS(C)(=O)=O)c(OC(F)(F)F)c1. The molecule has 2 rings (SSSR count). The lowest BCUT2D eigenvalue weighted by Crippen LogP contribution is -2.19. The van der Waals surface area contributed by atoms with Crippen LogP contribution >= 0.6 is 10.7 Å². The molecular weight excluding hydrogens is 459 g/mol. The van der Waals surface area contributed by atoms with E-state index in [1.807, 2.05) is 10.8 Å². The van der Waals surface area contributed by atoms with Crippen molar-refractivity contribution in [3.05, 3.63) is 36.0 Å². The quantitative estimate of drug-likeness (QED) is 0.682. The molecule has 0 saturated heterocycles. The van der Waals surface area contributed by atoms with E-state index in [-0.39, 0.29) is 5.69 Å². The number of hydrogen-bond acceptors (Lipinski definition) is 6. The maximum atomic E-state index is 12.6. The zero-order chi connectivity index (χ0) is 22.6. The number of benzene rings is 1. The van der Waals surface area contributed by atoms with Crippen LogP contribution in [0.1, 0.15) is 5.69 Å². The molecule has 0 amide bonds. The number of sulfonamides is 1. The molecule has 0 unspecified atom stereocenters. The lowest BCUT2D eigenvalue weighted by atomic mass is 10.1. The second-order valence-electron chi connectivity index (χ2n) is 5.59. The zero-order valence-electron chi connectivity index (χ0n) is 15.2. The molecule has 0 aliphatic heterocycles. The Balaban J connectivity index is 0.000000749. The first-order valence-electron chi connectivity index (χ1n) is 7.33. The van der Waals surface area contributed by atoms with Crippen LogP contribution in [0.2, 0.25) is 0 Å². The third kappa shape index (κ3) is 9.07. The largest absolute Gasteiger partial charge is 0.573 e. The molecule has 1 aromatic carbocycles. The van der Waals surface area contributed by atoms with Gasteiger partial charge in [-0.2, -0.15) is 5.26 Å². The summed E-state index contributed by atoms with van der Waals surface area (Å²) in [4.78, 5) is 0. The topological polar surface area (TPSA) is 118 Å². The van der Waals surface area contributed by atoms with Gasteiger partial charge in [-0.05, 0) is 24.3 Å². The van der Waals surface area contributed by atoms with Crippen LogP contribution in [0.5, 0.6) is 5.75 Å². The third-order valence-electron chi connectivity index (χ3n) is 3.03. The molecule has 0 spiro atoms. The highest BCUT2D eigenvalue weighted by Crippen LogP contribution is 2.35. The summed E-state index contributed by atoms with van der Waals surface area (Å²) in [5.41, 5.74) is 0.789. The van der Waals surface area contributed by atoms with Crippen molar-refractivity contribution in [1.82, 2.24) is 4.57 Å². The third-order valence-corrected chi connectivity index (χ3v) is 3.63. The van der Waals surface area contributed by atoms with Crippen molar-refractivity contribution < 1.29 is 34.7 Å². The normalized spacial score (nSPS) is 11.8. The lowest BCUT2D eigenvalue weighted by Gasteiger charge is -2.15. The Hall–Kier alpha value is -2.43. The van der Waals surface area contributed by atoms with Crippen LogP contribution in [-0.4, -0.2) is 40.3 Å². The summed E-state index contributed by atoms with van der Waals surface area (Å²) in [6, 6.07) is 8.66. The molecule has 0 fully saturated rings. The van der Waals surface area contributed by atoms with E-state index in [0.717, 1.165) is 24.6 Å². The molecule has 1 N–H and O–H groups in total. The monoisotopic (exact) mass is 473 g/mol. The molecule has 0 saturated carbocycles. The van der Waals surface area contributed by atoms with Crippen LogP contribution in [0.4, 0.5) is 18.9 Å². The first-order chi connectivity index (χ1) is 13.0. The Bertz CT molecular complexity index is 1130. The van der Waals surface area contributed by atoms with Gasteiger partial charge in [0.1, 0.15) is 11.8 Å². The summed E-state index contributed by atoms with van der Waals surface area (Å²) in [5, 5.41) is 8.94. The van der Waals surface area contributed by atoms with Gasteiger partial charge in [0.05, 0.1) is 18.2 Å². The molecule has 0 atom stereocenters. The number of nitrogens with zero attached hydrogens (tertiary/aromatic N) is 2. The summed E-state index contributed by atoms with van der Waals surface area (Å²) in [6.07, 6.45) is -3.25. The van der Waals surface area contributed by atoms with Gasteiger partial charge in [0, 0.05) is 29.0 Å². The van der Waals surface area contributed by atoms with E-state index in [1.165, 1.54) is 16.7 Å². The number of halogens is 4. The fourth-order valence-corrected chi connectivity index (χ4v) is 2.66. The molecule has 0 aliphatic carbocycles. The fourth-order valence-electron chi connectivity index (χ4n) is 2.09. The van der Waals surface area contributed by atoms with Crippen molar-refractivity contribution in [2.75, 3.05) is 17.2 Å². The standard InChI is InChI=1S/C14H12F3N3O3S.CH3ClO2S/c1-20-10(8-18)4-6-12(20)9-3-5-11(19-24(2,21)22)13(7-9)23-14(15,16)17;1-5(2,3)4/h3-7,19H,1-2H3;1H3. The number of rotatable bonds is 4. The predicted octanol–water partition coefficient (Wildman–Crippen LogP) is 3.02. The summed E-state index contributed by atoms with van der Waals surface area (Å²) in [5.74, 6) is -0.690. The van der Waals surface area contributed by atoms with Gasteiger partial charge >= 0.3 is 6.36 Å². The summed E-state index contributed by atoms with van der Waals surface area (Å²) in [7, 11) is -0.894. The Morgan fingerprint density at radius 2 is 1.69 bits per heavy atom. The van der Waals surface area contributed by atoms with Crippen LogP contribution in [0.15, 0.2) is 30.3 Å². The van der Waals surface area contributed by atoms with Gasteiger partial charge in [-0.3, -0.25) is 4.72 Å². The summed E-state index contributed by atoms with van der Waals surface area (Å²) < 4.78 is 86.5. The van der Waals surface area contributed by atoms with E-state index in [4.69, 9.17) is 5.26 Å². The van der Waals surface area contributed by atoms with Gasteiger partial charge in [0.15, 0.2) is 5.75 Å². The molecule has 2 aromatic rings. The average Bonchev–Trinajstić information content (AvgIpc) is 2.85. The van der Waals surface area contributed by atoms with Crippen molar-refractivity contribution in [3.8, 4) is 23.1 Å². The molecule has 8 nitrogen and oxygen atoms in total. The minimum Gasteiger partial charge on any atom is -0.404 e. The number of aromatic nitrogens is 1.